The molecule has 96 valence electrons. The van der Waals surface area contributed by atoms with Gasteiger partial charge in [0.05, 0.1) is 17.7 Å². The summed E-state index contributed by atoms with van der Waals surface area (Å²) in [4.78, 5) is 11.8. The normalized spacial score (nSPS) is 10.8. The summed E-state index contributed by atoms with van der Waals surface area (Å²) < 4.78 is 6.29. The molecule has 19 heavy (non-hydrogen) atoms. The molecule has 0 bridgehead atoms. The smallest absolute Gasteiger partial charge is 0.356 e. The van der Waals surface area contributed by atoms with E-state index in [2.05, 4.69) is 10.2 Å². The number of carboxylic acid groups (broad SMARTS) is 1. The fraction of sp³-hybridized carbons (Fsp3) is 0.0769. The molecule has 2 heterocycles. The van der Waals surface area contributed by atoms with E-state index in [9.17, 15) is 4.79 Å². The van der Waals surface area contributed by atoms with Crippen molar-refractivity contribution in [2.24, 2.45) is 0 Å². The standard InChI is InChI=1S/C13H10N2O3S/c1-18-8-2-3-11-7(4-8)5-12(19-11)9-6-10(13(16)17)15-14-9/h2-6H,1H3,(H,14,15)(H,16,17). The number of fused-ring (bicyclic) bond motifs is 1. The number of methoxy groups -OCH3 is 1. The van der Waals surface area contributed by atoms with Gasteiger partial charge >= 0.3 is 5.97 Å². The summed E-state index contributed by atoms with van der Waals surface area (Å²) in [6.07, 6.45) is 0. The SMILES string of the molecule is COc1ccc2sc(-c3cc(C(=O)O)n[nH]3)cc2c1. The molecular formula is C13H10N2O3S. The van der Waals surface area contributed by atoms with Crippen molar-refractivity contribution in [2.45, 2.75) is 0 Å². The Morgan fingerprint density at radius 1 is 1.37 bits per heavy atom. The van der Waals surface area contributed by atoms with Crippen molar-refractivity contribution in [3.8, 4) is 16.3 Å². The maximum absolute atomic E-state index is 10.8. The predicted molar refractivity (Wildman–Crippen MR) is 72.9 cm³/mol. The van der Waals surface area contributed by atoms with E-state index >= 15 is 0 Å². The van der Waals surface area contributed by atoms with E-state index in [0.29, 0.717) is 5.69 Å². The maximum atomic E-state index is 10.8. The van der Waals surface area contributed by atoms with Crippen LogP contribution < -0.4 is 4.74 Å². The Morgan fingerprint density at radius 2 is 2.21 bits per heavy atom. The van der Waals surface area contributed by atoms with Crippen LogP contribution in [0.1, 0.15) is 10.5 Å². The first-order chi connectivity index (χ1) is 9.17. The number of H-pyrrole nitrogens is 1. The highest BCUT2D eigenvalue weighted by Gasteiger charge is 2.11. The molecule has 3 aromatic rings. The summed E-state index contributed by atoms with van der Waals surface area (Å²) in [5.41, 5.74) is 0.725. The number of hydrogen-bond donors (Lipinski definition) is 2. The molecular weight excluding hydrogens is 264 g/mol. The van der Waals surface area contributed by atoms with E-state index in [1.807, 2.05) is 24.3 Å². The third-order valence-corrected chi connectivity index (χ3v) is 3.94. The van der Waals surface area contributed by atoms with Crippen molar-refractivity contribution >= 4 is 27.4 Å². The van der Waals surface area contributed by atoms with Gasteiger partial charge in [-0.05, 0) is 35.7 Å². The first-order valence-electron chi connectivity index (χ1n) is 5.54. The van der Waals surface area contributed by atoms with Crippen LogP contribution in [0.2, 0.25) is 0 Å². The maximum Gasteiger partial charge on any atom is 0.356 e. The molecule has 0 atom stereocenters. The molecule has 0 saturated carbocycles. The van der Waals surface area contributed by atoms with E-state index in [0.717, 1.165) is 20.7 Å². The number of aromatic carboxylic acids is 1. The lowest BCUT2D eigenvalue weighted by Gasteiger charge is -1.97. The Morgan fingerprint density at radius 3 is 2.89 bits per heavy atom. The van der Waals surface area contributed by atoms with Gasteiger partial charge in [0.1, 0.15) is 5.75 Å². The van der Waals surface area contributed by atoms with Gasteiger partial charge in [0.2, 0.25) is 0 Å². The number of thiophene rings is 1. The summed E-state index contributed by atoms with van der Waals surface area (Å²) in [6.45, 7) is 0. The monoisotopic (exact) mass is 274 g/mol. The summed E-state index contributed by atoms with van der Waals surface area (Å²) in [5, 5.41) is 16.4. The molecule has 0 unspecified atom stereocenters. The second-order valence-electron chi connectivity index (χ2n) is 3.99. The van der Waals surface area contributed by atoms with E-state index in [1.165, 1.54) is 6.07 Å². The van der Waals surface area contributed by atoms with Crippen molar-refractivity contribution in [3.05, 3.63) is 36.0 Å². The molecule has 0 fully saturated rings. The minimum absolute atomic E-state index is 0.0186. The van der Waals surface area contributed by atoms with Gasteiger partial charge in [-0.1, -0.05) is 0 Å². The first-order valence-corrected chi connectivity index (χ1v) is 6.35. The Kier molecular flexibility index (Phi) is 2.72. The average molecular weight is 274 g/mol. The summed E-state index contributed by atoms with van der Waals surface area (Å²) in [6, 6.07) is 9.35. The number of carbonyl (C=O) groups is 1. The second kappa shape index (κ2) is 4.40. The molecule has 6 heteroatoms. The highest BCUT2D eigenvalue weighted by molar-refractivity contribution is 7.22. The highest BCUT2D eigenvalue weighted by atomic mass is 32.1. The van der Waals surface area contributed by atoms with Crippen LogP contribution >= 0.6 is 11.3 Å². The first kappa shape index (κ1) is 11.7. The zero-order chi connectivity index (χ0) is 13.4. The molecule has 0 radical (unpaired) electrons. The fourth-order valence-corrected chi connectivity index (χ4v) is 2.85. The Hall–Kier alpha value is -2.34. The molecule has 0 saturated heterocycles. The predicted octanol–water partition coefficient (Wildman–Crippen LogP) is 3.00. The van der Waals surface area contributed by atoms with Crippen molar-refractivity contribution in [3.63, 3.8) is 0 Å². The highest BCUT2D eigenvalue weighted by Crippen LogP contribution is 2.34. The molecule has 3 rings (SSSR count). The topological polar surface area (TPSA) is 75.2 Å². The number of aromatic nitrogens is 2. The third kappa shape index (κ3) is 2.06. The lowest BCUT2D eigenvalue weighted by atomic mass is 10.2. The number of hydrogen-bond acceptors (Lipinski definition) is 4. The number of aromatic amines is 1. The van der Waals surface area contributed by atoms with E-state index in [1.54, 1.807) is 18.4 Å². The van der Waals surface area contributed by atoms with Crippen LogP contribution in [0.15, 0.2) is 30.3 Å². The number of ether oxygens (including phenoxy) is 1. The number of benzene rings is 1. The van der Waals surface area contributed by atoms with Gasteiger partial charge in [0.25, 0.3) is 0 Å². The molecule has 0 aliphatic carbocycles. The van der Waals surface area contributed by atoms with Crippen LogP contribution in [0.5, 0.6) is 5.75 Å². The molecule has 0 spiro atoms. The van der Waals surface area contributed by atoms with E-state index in [-0.39, 0.29) is 5.69 Å². The Balaban J connectivity index is 2.06. The summed E-state index contributed by atoms with van der Waals surface area (Å²) >= 11 is 1.57. The Labute approximate surface area is 112 Å². The van der Waals surface area contributed by atoms with Crippen LogP contribution in [0.3, 0.4) is 0 Å². The van der Waals surface area contributed by atoms with Crippen LogP contribution in [-0.4, -0.2) is 28.4 Å². The number of nitrogens with zero attached hydrogens (tertiary/aromatic N) is 1. The van der Waals surface area contributed by atoms with Crippen molar-refractivity contribution in [2.75, 3.05) is 7.11 Å². The lowest BCUT2D eigenvalue weighted by molar-refractivity contribution is 0.0690. The summed E-state index contributed by atoms with van der Waals surface area (Å²) in [5.74, 6) is -0.238. The van der Waals surface area contributed by atoms with Crippen LogP contribution in [0.25, 0.3) is 20.7 Å². The molecule has 5 nitrogen and oxygen atoms in total. The minimum atomic E-state index is -1.04. The van der Waals surface area contributed by atoms with Crippen molar-refractivity contribution in [1.82, 2.24) is 10.2 Å². The van der Waals surface area contributed by atoms with Crippen LogP contribution in [0.4, 0.5) is 0 Å². The van der Waals surface area contributed by atoms with Crippen LogP contribution in [0, 0.1) is 0 Å². The number of rotatable bonds is 3. The molecule has 0 aliphatic heterocycles. The van der Waals surface area contributed by atoms with Gasteiger partial charge in [-0.25, -0.2) is 4.79 Å². The molecule has 0 amide bonds. The van der Waals surface area contributed by atoms with E-state index < -0.39 is 5.97 Å². The minimum Gasteiger partial charge on any atom is -0.497 e. The third-order valence-electron chi connectivity index (χ3n) is 2.79. The van der Waals surface area contributed by atoms with Gasteiger partial charge in [0.15, 0.2) is 5.69 Å². The van der Waals surface area contributed by atoms with Gasteiger partial charge in [-0.3, -0.25) is 5.10 Å². The fourth-order valence-electron chi connectivity index (χ4n) is 1.84. The molecule has 1 aromatic carbocycles. The second-order valence-corrected chi connectivity index (χ2v) is 5.07. The molecule has 2 aromatic heterocycles. The number of nitrogens with one attached hydrogen (secondary N) is 1. The zero-order valence-corrected chi connectivity index (χ0v) is 10.8. The van der Waals surface area contributed by atoms with Crippen LogP contribution in [-0.2, 0) is 0 Å². The zero-order valence-electron chi connectivity index (χ0n) is 10.0. The van der Waals surface area contributed by atoms with Gasteiger partial charge < -0.3 is 9.84 Å². The van der Waals surface area contributed by atoms with Gasteiger partial charge in [-0.15, -0.1) is 11.3 Å². The summed E-state index contributed by atoms with van der Waals surface area (Å²) in [7, 11) is 1.63. The quantitative estimate of drug-likeness (QED) is 0.769. The van der Waals surface area contributed by atoms with Crippen molar-refractivity contribution < 1.29 is 14.6 Å². The van der Waals surface area contributed by atoms with Crippen molar-refractivity contribution in [1.29, 1.82) is 0 Å². The molecule has 2 N–H and O–H groups in total. The van der Waals surface area contributed by atoms with Gasteiger partial charge in [-0.2, -0.15) is 5.10 Å². The molecule has 0 aliphatic rings. The Bertz CT molecular complexity index is 760. The van der Waals surface area contributed by atoms with Gasteiger partial charge in [0, 0.05) is 4.70 Å². The average Bonchev–Trinajstić information content (AvgIpc) is 3.04. The van der Waals surface area contributed by atoms with E-state index in [4.69, 9.17) is 9.84 Å². The lowest BCUT2D eigenvalue weighted by Crippen LogP contribution is -1.95. The largest absolute Gasteiger partial charge is 0.497 e. The number of carboxylic acids is 1.